The number of guanidine groups is 1. The van der Waals surface area contributed by atoms with Gasteiger partial charge in [0.15, 0.2) is 5.96 Å². The van der Waals surface area contributed by atoms with Crippen LogP contribution in [-0.2, 0) is 19.9 Å². The van der Waals surface area contributed by atoms with Crippen molar-refractivity contribution in [3.8, 4) is 0 Å². The van der Waals surface area contributed by atoms with E-state index in [1.54, 1.807) is 6.26 Å². The van der Waals surface area contributed by atoms with Crippen molar-refractivity contribution >= 4 is 17.7 Å². The Kier molecular flexibility index (Phi) is 8.64. The Labute approximate surface area is 189 Å². The largest absolute Gasteiger partial charge is 0.469 e. The molecular formula is C24H33N5OS. The molecule has 6 nitrogen and oxygen atoms in total. The summed E-state index contributed by atoms with van der Waals surface area (Å²) in [7, 11) is 2.00. The number of nitrogens with one attached hydrogen (secondary N) is 2. The van der Waals surface area contributed by atoms with Crippen LogP contribution in [0.4, 0.5) is 0 Å². The van der Waals surface area contributed by atoms with Gasteiger partial charge in [-0.1, -0.05) is 18.2 Å². The van der Waals surface area contributed by atoms with Crippen molar-refractivity contribution in [1.82, 2.24) is 20.4 Å². The Bertz CT molecular complexity index is 950. The predicted octanol–water partition coefficient (Wildman–Crippen LogP) is 4.13. The summed E-state index contributed by atoms with van der Waals surface area (Å²) in [4.78, 5) is 6.06. The van der Waals surface area contributed by atoms with Crippen molar-refractivity contribution in [3.63, 3.8) is 0 Å². The molecule has 2 heterocycles. The fraction of sp³-hybridized carbons (Fsp3) is 0.417. The number of aryl methyl sites for hydroxylation is 2. The number of thioether (sulfide) groups is 1. The van der Waals surface area contributed by atoms with Crippen molar-refractivity contribution in [1.29, 1.82) is 0 Å². The molecule has 1 unspecified atom stereocenters. The molecule has 0 aliphatic rings. The minimum Gasteiger partial charge on any atom is -0.469 e. The highest BCUT2D eigenvalue weighted by Gasteiger charge is 2.14. The summed E-state index contributed by atoms with van der Waals surface area (Å²) in [6.45, 7) is 7.90. The zero-order valence-electron chi connectivity index (χ0n) is 18.9. The number of hydrogen-bond donors (Lipinski definition) is 2. The Morgan fingerprint density at radius 3 is 2.68 bits per heavy atom. The minimum atomic E-state index is 0.234. The first-order chi connectivity index (χ1) is 15.0. The molecule has 0 radical (unpaired) electrons. The lowest BCUT2D eigenvalue weighted by molar-refractivity contribution is 0.510. The molecule has 2 aromatic heterocycles. The van der Waals surface area contributed by atoms with Crippen LogP contribution in [0, 0.1) is 13.8 Å². The number of benzene rings is 1. The lowest BCUT2D eigenvalue weighted by atomic mass is 10.1. The molecule has 0 aliphatic carbocycles. The second-order valence-corrected chi connectivity index (χ2v) is 8.84. The molecule has 1 aromatic carbocycles. The van der Waals surface area contributed by atoms with E-state index in [1.165, 1.54) is 16.2 Å². The number of rotatable bonds is 10. The van der Waals surface area contributed by atoms with E-state index in [4.69, 9.17) is 9.41 Å². The maximum atomic E-state index is 5.43. The molecule has 0 saturated heterocycles. The van der Waals surface area contributed by atoms with E-state index >= 15 is 0 Å². The molecule has 0 fully saturated rings. The molecule has 0 saturated carbocycles. The topological polar surface area (TPSA) is 67.4 Å². The normalized spacial score (nSPS) is 12.7. The first kappa shape index (κ1) is 23.0. The first-order valence-corrected chi connectivity index (χ1v) is 11.8. The molecule has 3 rings (SSSR count). The Hall–Kier alpha value is -2.67. The Balaban J connectivity index is 1.55. The second-order valence-electron chi connectivity index (χ2n) is 7.67. The Morgan fingerprint density at radius 1 is 1.19 bits per heavy atom. The van der Waals surface area contributed by atoms with E-state index in [-0.39, 0.29) is 6.04 Å². The van der Waals surface area contributed by atoms with Crippen LogP contribution in [0.2, 0.25) is 0 Å². The van der Waals surface area contributed by atoms with E-state index in [0.717, 1.165) is 42.6 Å². The van der Waals surface area contributed by atoms with E-state index in [1.807, 2.05) is 41.7 Å². The summed E-state index contributed by atoms with van der Waals surface area (Å²) in [5, 5.41) is 11.6. The molecule has 1 atom stereocenters. The van der Waals surface area contributed by atoms with Crippen LogP contribution >= 0.6 is 11.8 Å². The van der Waals surface area contributed by atoms with Gasteiger partial charge in [-0.15, -0.1) is 11.8 Å². The van der Waals surface area contributed by atoms with Gasteiger partial charge in [0.25, 0.3) is 0 Å². The lowest BCUT2D eigenvalue weighted by Crippen LogP contribution is -2.44. The van der Waals surface area contributed by atoms with Crippen LogP contribution in [0.3, 0.4) is 0 Å². The van der Waals surface area contributed by atoms with E-state index in [2.05, 4.69) is 60.8 Å². The molecule has 0 bridgehead atoms. The quantitative estimate of drug-likeness (QED) is 0.215. The predicted molar refractivity (Wildman–Crippen MR) is 129 cm³/mol. The van der Waals surface area contributed by atoms with Crippen molar-refractivity contribution < 1.29 is 4.42 Å². The van der Waals surface area contributed by atoms with Gasteiger partial charge in [0.1, 0.15) is 5.76 Å². The maximum absolute atomic E-state index is 5.43. The molecular weight excluding hydrogens is 406 g/mol. The van der Waals surface area contributed by atoms with Gasteiger partial charge in [-0.25, -0.2) is 0 Å². The van der Waals surface area contributed by atoms with Gasteiger partial charge >= 0.3 is 0 Å². The summed E-state index contributed by atoms with van der Waals surface area (Å²) in [5.41, 5.74) is 3.61. The van der Waals surface area contributed by atoms with Crippen LogP contribution in [0.5, 0.6) is 0 Å². The SMILES string of the molecule is Cc1nn(C)c(C)c1CC(C)NC(=NCCc1ccco1)NCCSc1ccccc1. The summed E-state index contributed by atoms with van der Waals surface area (Å²) in [5.74, 6) is 2.77. The summed E-state index contributed by atoms with van der Waals surface area (Å²) >= 11 is 1.84. The fourth-order valence-electron chi connectivity index (χ4n) is 3.44. The third kappa shape index (κ3) is 7.21. The molecule has 166 valence electrons. The number of aliphatic imine (C=N–C) groups is 1. The second kappa shape index (κ2) is 11.6. The average Bonchev–Trinajstić information content (AvgIpc) is 3.36. The zero-order valence-corrected chi connectivity index (χ0v) is 19.7. The number of hydrogen-bond acceptors (Lipinski definition) is 4. The highest BCUT2D eigenvalue weighted by atomic mass is 32.2. The minimum absolute atomic E-state index is 0.234. The van der Waals surface area contributed by atoms with Crippen LogP contribution < -0.4 is 10.6 Å². The van der Waals surface area contributed by atoms with Gasteiger partial charge in [-0.05, 0) is 57.0 Å². The number of furan rings is 1. The number of nitrogens with zero attached hydrogens (tertiary/aromatic N) is 3. The van der Waals surface area contributed by atoms with Crippen LogP contribution in [0.1, 0.15) is 29.6 Å². The first-order valence-electron chi connectivity index (χ1n) is 10.8. The van der Waals surface area contributed by atoms with E-state index in [0.29, 0.717) is 6.54 Å². The van der Waals surface area contributed by atoms with Crippen molar-refractivity contribution in [3.05, 3.63) is 71.4 Å². The van der Waals surface area contributed by atoms with Gasteiger partial charge in [0.05, 0.1) is 12.0 Å². The van der Waals surface area contributed by atoms with E-state index in [9.17, 15) is 0 Å². The molecule has 7 heteroatoms. The van der Waals surface area contributed by atoms with Crippen molar-refractivity contribution in [2.24, 2.45) is 12.0 Å². The van der Waals surface area contributed by atoms with Crippen molar-refractivity contribution in [2.45, 2.75) is 44.6 Å². The van der Waals surface area contributed by atoms with Gasteiger partial charge in [-0.2, -0.15) is 5.10 Å². The maximum Gasteiger partial charge on any atom is 0.191 e. The lowest BCUT2D eigenvalue weighted by Gasteiger charge is -2.19. The third-order valence-electron chi connectivity index (χ3n) is 5.17. The molecule has 0 aliphatic heterocycles. The smallest absolute Gasteiger partial charge is 0.191 e. The standard InChI is InChI=1S/C24H33N5OS/c1-18(17-23-19(2)28-29(4)20(23)3)27-24(25-13-12-21-9-8-15-30-21)26-14-16-31-22-10-6-5-7-11-22/h5-11,15,18H,12-14,16-17H2,1-4H3,(H2,25,26,27). The zero-order chi connectivity index (χ0) is 22.1. The van der Waals surface area contributed by atoms with Gasteiger partial charge in [0.2, 0.25) is 0 Å². The van der Waals surface area contributed by atoms with Gasteiger partial charge in [-0.3, -0.25) is 9.67 Å². The highest BCUT2D eigenvalue weighted by Crippen LogP contribution is 2.16. The monoisotopic (exact) mass is 439 g/mol. The highest BCUT2D eigenvalue weighted by molar-refractivity contribution is 7.99. The molecule has 0 amide bonds. The average molecular weight is 440 g/mol. The van der Waals surface area contributed by atoms with Gasteiger partial charge in [0, 0.05) is 48.9 Å². The van der Waals surface area contributed by atoms with Crippen LogP contribution in [0.25, 0.3) is 0 Å². The number of aromatic nitrogens is 2. The molecule has 0 spiro atoms. The Morgan fingerprint density at radius 2 is 2.00 bits per heavy atom. The molecule has 2 N–H and O–H groups in total. The van der Waals surface area contributed by atoms with E-state index < -0.39 is 0 Å². The van der Waals surface area contributed by atoms with Crippen LogP contribution in [0.15, 0.2) is 63.0 Å². The summed E-state index contributed by atoms with van der Waals surface area (Å²) < 4.78 is 7.38. The van der Waals surface area contributed by atoms with Crippen LogP contribution in [-0.4, -0.2) is 40.6 Å². The summed E-state index contributed by atoms with van der Waals surface area (Å²) in [6.07, 6.45) is 3.40. The van der Waals surface area contributed by atoms with Gasteiger partial charge < -0.3 is 15.1 Å². The van der Waals surface area contributed by atoms with Crippen molar-refractivity contribution in [2.75, 3.05) is 18.8 Å². The molecule has 3 aromatic rings. The third-order valence-corrected chi connectivity index (χ3v) is 6.18. The fourth-order valence-corrected chi connectivity index (χ4v) is 4.23. The molecule has 31 heavy (non-hydrogen) atoms. The summed E-state index contributed by atoms with van der Waals surface area (Å²) in [6, 6.07) is 14.6.